The Morgan fingerprint density at radius 1 is 0.793 bits per heavy atom. The molecule has 0 aliphatic heterocycles. The molecular weight excluding hydrogens is 384 g/mol. The van der Waals surface area contributed by atoms with E-state index in [1.165, 1.54) is 6.92 Å². The Hall–Kier alpha value is -3.22. The van der Waals surface area contributed by atoms with Gasteiger partial charge in [0.2, 0.25) is 15.9 Å². The summed E-state index contributed by atoms with van der Waals surface area (Å²) in [5.41, 5.74) is 1.49. The fourth-order valence-corrected chi connectivity index (χ4v) is 4.74. The molecule has 0 spiro atoms. The lowest BCUT2D eigenvalue weighted by Crippen LogP contribution is -2.23. The lowest BCUT2D eigenvalue weighted by molar-refractivity contribution is -0.114. The average molecular weight is 404 g/mol. The van der Waals surface area contributed by atoms with E-state index in [1.807, 2.05) is 42.5 Å². The normalized spacial score (nSPS) is 11.6. The number of fused-ring (bicyclic) bond motifs is 2. The molecule has 0 radical (unpaired) electrons. The van der Waals surface area contributed by atoms with Gasteiger partial charge < -0.3 is 5.32 Å². The van der Waals surface area contributed by atoms with E-state index in [1.54, 1.807) is 36.4 Å². The van der Waals surface area contributed by atoms with Crippen molar-refractivity contribution in [3.8, 4) is 0 Å². The highest BCUT2D eigenvalue weighted by Gasteiger charge is 2.18. The molecule has 0 aromatic heterocycles. The summed E-state index contributed by atoms with van der Waals surface area (Å²) in [6, 6.07) is 24.0. The summed E-state index contributed by atoms with van der Waals surface area (Å²) in [5.74, 6) is -0.208. The first-order chi connectivity index (χ1) is 14.0. The Bertz CT molecular complexity index is 1330. The van der Waals surface area contributed by atoms with Crippen molar-refractivity contribution in [3.63, 3.8) is 0 Å². The van der Waals surface area contributed by atoms with Crippen molar-refractivity contribution in [1.82, 2.24) is 4.72 Å². The molecule has 4 aromatic rings. The molecule has 0 heterocycles. The summed E-state index contributed by atoms with van der Waals surface area (Å²) in [7, 11) is -3.76. The zero-order valence-corrected chi connectivity index (χ0v) is 16.7. The van der Waals surface area contributed by atoms with Crippen LogP contribution >= 0.6 is 0 Å². The van der Waals surface area contributed by atoms with Crippen LogP contribution in [0, 0.1) is 0 Å². The number of sulfonamides is 1. The molecular formula is C23H20N2O3S. The van der Waals surface area contributed by atoms with Crippen molar-refractivity contribution in [1.29, 1.82) is 0 Å². The van der Waals surface area contributed by atoms with Crippen molar-refractivity contribution >= 4 is 43.2 Å². The van der Waals surface area contributed by atoms with Gasteiger partial charge in [-0.2, -0.15) is 0 Å². The summed E-state index contributed by atoms with van der Waals surface area (Å²) >= 11 is 0. The van der Waals surface area contributed by atoms with Gasteiger partial charge in [-0.05, 0) is 28.5 Å². The van der Waals surface area contributed by atoms with Crippen LogP contribution in [0.3, 0.4) is 0 Å². The second-order valence-corrected chi connectivity index (χ2v) is 8.54. The predicted octanol–water partition coefficient (Wildman–Crippen LogP) is 4.43. The van der Waals surface area contributed by atoms with Gasteiger partial charge in [0.25, 0.3) is 0 Å². The van der Waals surface area contributed by atoms with Crippen molar-refractivity contribution in [2.45, 2.75) is 18.4 Å². The van der Waals surface area contributed by atoms with E-state index in [0.717, 1.165) is 16.3 Å². The third-order valence-electron chi connectivity index (χ3n) is 4.81. The van der Waals surface area contributed by atoms with Crippen LogP contribution in [0.25, 0.3) is 21.5 Å². The Morgan fingerprint density at radius 2 is 1.45 bits per heavy atom. The summed E-state index contributed by atoms with van der Waals surface area (Å²) in [6.45, 7) is 1.61. The van der Waals surface area contributed by atoms with Crippen LogP contribution < -0.4 is 10.0 Å². The van der Waals surface area contributed by atoms with E-state index >= 15 is 0 Å². The minimum atomic E-state index is -3.76. The standard InChI is InChI=1S/C23H20N2O3S/c1-16(26)25-22-13-5-12-21-20(22)11-6-14-23(21)29(27,28)24-15-18-9-4-8-17-7-2-3-10-19(17)18/h2-14,24H,15H2,1H3,(H,25,26). The van der Waals surface area contributed by atoms with Crippen molar-refractivity contribution in [2.24, 2.45) is 0 Å². The molecule has 29 heavy (non-hydrogen) atoms. The summed E-state index contributed by atoms with van der Waals surface area (Å²) in [5, 5.41) is 6.07. The number of amides is 1. The topological polar surface area (TPSA) is 75.3 Å². The largest absolute Gasteiger partial charge is 0.326 e. The number of benzene rings is 4. The number of hydrogen-bond acceptors (Lipinski definition) is 3. The first kappa shape index (κ1) is 19.1. The molecule has 2 N–H and O–H groups in total. The number of rotatable bonds is 5. The molecule has 0 unspecified atom stereocenters. The monoisotopic (exact) mass is 404 g/mol. The van der Waals surface area contributed by atoms with Crippen LogP contribution in [0.1, 0.15) is 12.5 Å². The van der Waals surface area contributed by atoms with E-state index in [2.05, 4.69) is 10.0 Å². The van der Waals surface area contributed by atoms with Crippen LogP contribution in [-0.2, 0) is 21.4 Å². The molecule has 4 aromatic carbocycles. The molecule has 0 saturated carbocycles. The molecule has 6 heteroatoms. The molecule has 0 aliphatic rings. The zero-order valence-electron chi connectivity index (χ0n) is 15.8. The molecule has 4 rings (SSSR count). The lowest BCUT2D eigenvalue weighted by atomic mass is 10.1. The van der Waals surface area contributed by atoms with Crippen molar-refractivity contribution in [3.05, 3.63) is 84.4 Å². The molecule has 146 valence electrons. The molecule has 0 saturated heterocycles. The second kappa shape index (κ2) is 7.66. The highest BCUT2D eigenvalue weighted by molar-refractivity contribution is 7.89. The quantitative estimate of drug-likeness (QED) is 0.517. The number of carbonyl (C=O) groups excluding carboxylic acids is 1. The Kier molecular flexibility index (Phi) is 5.05. The van der Waals surface area contributed by atoms with E-state index in [-0.39, 0.29) is 17.3 Å². The molecule has 0 bridgehead atoms. The van der Waals surface area contributed by atoms with Crippen molar-refractivity contribution in [2.75, 3.05) is 5.32 Å². The van der Waals surface area contributed by atoms with E-state index in [4.69, 9.17) is 0 Å². The third kappa shape index (κ3) is 3.85. The van der Waals surface area contributed by atoms with Gasteiger partial charge in [0.1, 0.15) is 0 Å². The molecule has 1 amide bonds. The maximum Gasteiger partial charge on any atom is 0.241 e. The zero-order chi connectivity index (χ0) is 20.4. The SMILES string of the molecule is CC(=O)Nc1cccc2c(S(=O)(=O)NCc3cccc4ccccc34)cccc12. The minimum absolute atomic E-state index is 0.183. The fraction of sp³-hybridized carbons (Fsp3) is 0.0870. The average Bonchev–Trinajstić information content (AvgIpc) is 2.71. The van der Waals surface area contributed by atoms with E-state index in [0.29, 0.717) is 16.5 Å². The molecule has 0 aliphatic carbocycles. The lowest BCUT2D eigenvalue weighted by Gasteiger charge is -2.13. The highest BCUT2D eigenvalue weighted by atomic mass is 32.2. The number of carbonyl (C=O) groups is 1. The predicted molar refractivity (Wildman–Crippen MR) is 116 cm³/mol. The van der Waals surface area contributed by atoms with Gasteiger partial charge in [-0.15, -0.1) is 0 Å². The van der Waals surface area contributed by atoms with Crippen molar-refractivity contribution < 1.29 is 13.2 Å². The molecule has 0 fully saturated rings. The second-order valence-electron chi connectivity index (χ2n) is 6.80. The van der Waals surface area contributed by atoms with Gasteiger partial charge in [0.05, 0.1) is 4.90 Å². The van der Waals surface area contributed by atoms with Crippen LogP contribution in [0.15, 0.2) is 83.8 Å². The molecule has 5 nitrogen and oxygen atoms in total. The van der Waals surface area contributed by atoms with Gasteiger partial charge in [-0.3, -0.25) is 4.79 Å². The number of anilines is 1. The third-order valence-corrected chi connectivity index (χ3v) is 6.27. The van der Waals surface area contributed by atoms with Crippen LogP contribution in [0.4, 0.5) is 5.69 Å². The van der Waals surface area contributed by atoms with Gasteiger partial charge in [0.15, 0.2) is 0 Å². The van der Waals surface area contributed by atoms with Gasteiger partial charge >= 0.3 is 0 Å². The Morgan fingerprint density at radius 3 is 2.28 bits per heavy atom. The summed E-state index contributed by atoms with van der Waals surface area (Å²) in [6.07, 6.45) is 0. The Labute approximate surface area is 169 Å². The number of nitrogens with one attached hydrogen (secondary N) is 2. The smallest absolute Gasteiger partial charge is 0.241 e. The summed E-state index contributed by atoms with van der Waals surface area (Å²) in [4.78, 5) is 11.6. The van der Waals surface area contributed by atoms with Gasteiger partial charge in [-0.1, -0.05) is 66.7 Å². The first-order valence-electron chi connectivity index (χ1n) is 9.21. The van der Waals surface area contributed by atoms with Crippen LogP contribution in [-0.4, -0.2) is 14.3 Å². The fourth-order valence-electron chi connectivity index (χ4n) is 3.51. The van der Waals surface area contributed by atoms with E-state index in [9.17, 15) is 13.2 Å². The van der Waals surface area contributed by atoms with Gasteiger partial charge in [0, 0.05) is 29.9 Å². The minimum Gasteiger partial charge on any atom is -0.326 e. The Balaban J connectivity index is 1.70. The van der Waals surface area contributed by atoms with Crippen LogP contribution in [0.5, 0.6) is 0 Å². The molecule has 0 atom stereocenters. The van der Waals surface area contributed by atoms with Crippen LogP contribution in [0.2, 0.25) is 0 Å². The number of hydrogen-bond donors (Lipinski definition) is 2. The van der Waals surface area contributed by atoms with E-state index < -0.39 is 10.0 Å². The first-order valence-corrected chi connectivity index (χ1v) is 10.7. The van der Waals surface area contributed by atoms with Gasteiger partial charge in [-0.25, -0.2) is 13.1 Å². The maximum absolute atomic E-state index is 13.1. The highest BCUT2D eigenvalue weighted by Crippen LogP contribution is 2.29. The summed E-state index contributed by atoms with van der Waals surface area (Å²) < 4.78 is 28.9. The maximum atomic E-state index is 13.1.